The quantitative estimate of drug-likeness (QED) is 0.217. The molecule has 0 saturated carbocycles. The molecule has 0 amide bonds. The Balaban J connectivity index is 1.48. The van der Waals surface area contributed by atoms with E-state index in [1.165, 1.54) is 0 Å². The first-order chi connectivity index (χ1) is 19.8. The third-order valence-corrected chi connectivity index (χ3v) is 7.83. The van der Waals surface area contributed by atoms with Crippen molar-refractivity contribution in [2.75, 3.05) is 0 Å². The Hall–Kier alpha value is -5.55. The molecule has 4 aromatic heterocycles. The lowest BCUT2D eigenvalue weighted by atomic mass is 10.1. The Morgan fingerprint density at radius 1 is 0.550 bits per heavy atom. The molecule has 0 fully saturated rings. The maximum Gasteiger partial charge on any atom is 0.166 e. The van der Waals surface area contributed by atoms with E-state index < -0.39 is 0 Å². The van der Waals surface area contributed by atoms with E-state index in [2.05, 4.69) is 83.4 Å². The average Bonchev–Trinajstić information content (AvgIpc) is 3.54. The van der Waals surface area contributed by atoms with Crippen molar-refractivity contribution in [3.8, 4) is 17.2 Å². The number of fused-ring (bicyclic) bond motifs is 9. The van der Waals surface area contributed by atoms with Crippen LogP contribution in [0.1, 0.15) is 0 Å². The van der Waals surface area contributed by atoms with E-state index in [0.29, 0.717) is 0 Å². The highest BCUT2D eigenvalue weighted by Gasteiger charge is 2.21. The van der Waals surface area contributed by atoms with Crippen molar-refractivity contribution in [2.24, 2.45) is 0 Å². The van der Waals surface area contributed by atoms with Gasteiger partial charge in [0.25, 0.3) is 0 Å². The summed E-state index contributed by atoms with van der Waals surface area (Å²) in [6.07, 6.45) is 1.80. The molecule has 9 aromatic rings. The monoisotopic (exact) mass is 512 g/mol. The number of hydrogen-bond acceptors (Lipinski definition) is 4. The molecule has 5 nitrogen and oxygen atoms in total. The molecule has 0 spiro atoms. The number of nitrogens with zero attached hydrogens (tertiary/aromatic N) is 4. The summed E-state index contributed by atoms with van der Waals surface area (Å²) in [4.78, 5) is 15.3. The van der Waals surface area contributed by atoms with Crippen LogP contribution in [0.5, 0.6) is 0 Å². The van der Waals surface area contributed by atoms with Gasteiger partial charge in [-0.1, -0.05) is 72.8 Å². The lowest BCUT2D eigenvalue weighted by Gasteiger charge is -2.14. The minimum absolute atomic E-state index is 0.732. The van der Waals surface area contributed by atoms with Gasteiger partial charge in [0.1, 0.15) is 16.9 Å². The van der Waals surface area contributed by atoms with Crippen LogP contribution < -0.4 is 0 Å². The fourth-order valence-electron chi connectivity index (χ4n) is 6.03. The molecule has 0 aliphatic heterocycles. The van der Waals surface area contributed by atoms with E-state index in [4.69, 9.17) is 19.4 Å². The van der Waals surface area contributed by atoms with Crippen molar-refractivity contribution in [3.63, 3.8) is 0 Å². The Morgan fingerprint density at radius 3 is 2.25 bits per heavy atom. The summed E-state index contributed by atoms with van der Waals surface area (Å²) in [5, 5.41) is 6.71. The van der Waals surface area contributed by atoms with Crippen LogP contribution >= 0.6 is 0 Å². The summed E-state index contributed by atoms with van der Waals surface area (Å²) in [7, 11) is 0. The summed E-state index contributed by atoms with van der Waals surface area (Å²) in [5.41, 5.74) is 7.00. The van der Waals surface area contributed by atoms with Crippen molar-refractivity contribution >= 4 is 65.6 Å². The van der Waals surface area contributed by atoms with Crippen LogP contribution in [-0.4, -0.2) is 19.5 Å². The Labute approximate surface area is 228 Å². The second-order valence-corrected chi connectivity index (χ2v) is 10.1. The van der Waals surface area contributed by atoms with Gasteiger partial charge in [0.2, 0.25) is 0 Å². The van der Waals surface area contributed by atoms with Gasteiger partial charge < -0.3 is 4.42 Å². The third kappa shape index (κ3) is 2.94. The largest absolute Gasteiger partial charge is 0.456 e. The van der Waals surface area contributed by atoms with Gasteiger partial charge in [-0.15, -0.1) is 0 Å². The smallest absolute Gasteiger partial charge is 0.166 e. The van der Waals surface area contributed by atoms with Crippen LogP contribution in [0, 0.1) is 0 Å². The molecule has 9 rings (SSSR count). The Kier molecular flexibility index (Phi) is 4.27. The molecule has 0 saturated heterocycles. The standard InChI is InChI=1S/C35H20N4O/c1-2-10-22-21(9-1)16-17-28-33(22)38-35(34(37-28)27-13-7-8-18-36-27)39-29-14-5-3-11-23(29)25-19-26-24-12-4-6-15-31(24)40-32(26)20-30(25)39/h1-20H. The second-order valence-electron chi connectivity index (χ2n) is 10.1. The van der Waals surface area contributed by atoms with Crippen LogP contribution in [0.3, 0.4) is 0 Å². The minimum Gasteiger partial charge on any atom is -0.456 e. The van der Waals surface area contributed by atoms with E-state index in [1.807, 2.05) is 36.4 Å². The molecule has 0 aliphatic rings. The first kappa shape index (κ1) is 21.4. The van der Waals surface area contributed by atoms with Gasteiger partial charge in [0.05, 0.1) is 27.8 Å². The highest BCUT2D eigenvalue weighted by atomic mass is 16.3. The van der Waals surface area contributed by atoms with Gasteiger partial charge in [0, 0.05) is 39.2 Å². The normalized spacial score (nSPS) is 12.0. The number of para-hydroxylation sites is 2. The SMILES string of the molecule is c1ccc(-c2nc3ccc4ccccc4c3nc2-n2c3ccccc3c3cc4c(cc32)oc2ccccc24)nc1. The van der Waals surface area contributed by atoms with Crippen LogP contribution in [0.2, 0.25) is 0 Å². The number of pyridine rings is 1. The summed E-state index contributed by atoms with van der Waals surface area (Å²) in [6.45, 7) is 0. The van der Waals surface area contributed by atoms with Crippen LogP contribution in [0.15, 0.2) is 126 Å². The minimum atomic E-state index is 0.732. The van der Waals surface area contributed by atoms with Gasteiger partial charge in [-0.3, -0.25) is 9.55 Å². The van der Waals surface area contributed by atoms with Gasteiger partial charge in [-0.25, -0.2) is 9.97 Å². The van der Waals surface area contributed by atoms with E-state index in [9.17, 15) is 0 Å². The van der Waals surface area contributed by atoms with E-state index in [0.717, 1.165) is 82.8 Å². The number of rotatable bonds is 2. The molecule has 0 unspecified atom stereocenters. The molecule has 0 radical (unpaired) electrons. The van der Waals surface area contributed by atoms with Crippen molar-refractivity contribution in [3.05, 3.63) is 121 Å². The number of hydrogen-bond donors (Lipinski definition) is 0. The third-order valence-electron chi connectivity index (χ3n) is 7.83. The van der Waals surface area contributed by atoms with Crippen molar-refractivity contribution in [1.29, 1.82) is 0 Å². The lowest BCUT2D eigenvalue weighted by molar-refractivity contribution is 0.669. The highest BCUT2D eigenvalue weighted by Crippen LogP contribution is 2.40. The zero-order valence-electron chi connectivity index (χ0n) is 21.2. The fourth-order valence-corrected chi connectivity index (χ4v) is 6.03. The molecular weight excluding hydrogens is 492 g/mol. The summed E-state index contributed by atoms with van der Waals surface area (Å²) >= 11 is 0. The van der Waals surface area contributed by atoms with Crippen molar-refractivity contribution < 1.29 is 4.42 Å². The number of benzene rings is 5. The number of aromatic nitrogens is 4. The average molecular weight is 513 g/mol. The first-order valence-corrected chi connectivity index (χ1v) is 13.3. The fraction of sp³-hybridized carbons (Fsp3) is 0. The molecule has 186 valence electrons. The molecule has 5 heteroatoms. The molecule has 5 aromatic carbocycles. The molecular formula is C35H20N4O. The van der Waals surface area contributed by atoms with Gasteiger partial charge in [-0.2, -0.15) is 0 Å². The second kappa shape index (κ2) is 7.98. The molecule has 0 bridgehead atoms. The molecule has 0 N–H and O–H groups in total. The molecule has 40 heavy (non-hydrogen) atoms. The Bertz CT molecular complexity index is 2440. The summed E-state index contributed by atoms with van der Waals surface area (Å²) in [6, 6.07) is 39.4. The van der Waals surface area contributed by atoms with Crippen LogP contribution in [0.25, 0.3) is 82.8 Å². The predicted molar refractivity (Wildman–Crippen MR) is 162 cm³/mol. The predicted octanol–water partition coefficient (Wildman–Crippen LogP) is 8.84. The maximum absolute atomic E-state index is 6.33. The van der Waals surface area contributed by atoms with Crippen LogP contribution in [0.4, 0.5) is 0 Å². The number of furan rings is 1. The molecule has 0 aliphatic carbocycles. The van der Waals surface area contributed by atoms with Crippen LogP contribution in [-0.2, 0) is 0 Å². The first-order valence-electron chi connectivity index (χ1n) is 13.3. The van der Waals surface area contributed by atoms with Gasteiger partial charge in [0.15, 0.2) is 5.82 Å². The molecule has 4 heterocycles. The van der Waals surface area contributed by atoms with E-state index in [1.54, 1.807) is 6.20 Å². The van der Waals surface area contributed by atoms with Crippen molar-refractivity contribution in [2.45, 2.75) is 0 Å². The van der Waals surface area contributed by atoms with E-state index >= 15 is 0 Å². The summed E-state index contributed by atoms with van der Waals surface area (Å²) < 4.78 is 8.55. The van der Waals surface area contributed by atoms with Gasteiger partial charge in [-0.05, 0) is 41.8 Å². The topological polar surface area (TPSA) is 56.7 Å². The van der Waals surface area contributed by atoms with E-state index in [-0.39, 0.29) is 0 Å². The Morgan fingerprint density at radius 2 is 1.35 bits per heavy atom. The summed E-state index contributed by atoms with van der Waals surface area (Å²) in [5.74, 6) is 0.740. The zero-order chi connectivity index (χ0) is 26.2. The lowest BCUT2D eigenvalue weighted by Crippen LogP contribution is -2.04. The van der Waals surface area contributed by atoms with Crippen molar-refractivity contribution in [1.82, 2.24) is 19.5 Å². The zero-order valence-corrected chi connectivity index (χ0v) is 21.2. The van der Waals surface area contributed by atoms with Gasteiger partial charge >= 0.3 is 0 Å². The highest BCUT2D eigenvalue weighted by molar-refractivity contribution is 6.17. The molecule has 0 atom stereocenters. The maximum atomic E-state index is 6.33.